The van der Waals surface area contributed by atoms with E-state index in [4.69, 9.17) is 16.0 Å². The lowest BCUT2D eigenvalue weighted by molar-refractivity contribution is 0.0598. The average Bonchev–Trinajstić information content (AvgIpc) is 2.72. The molecule has 1 aromatic heterocycles. The molecule has 2 aromatic rings. The van der Waals surface area contributed by atoms with Gasteiger partial charge in [-0.1, -0.05) is 18.5 Å². The van der Waals surface area contributed by atoms with Crippen molar-refractivity contribution in [3.63, 3.8) is 0 Å². The molecule has 0 aliphatic carbocycles. The summed E-state index contributed by atoms with van der Waals surface area (Å²) in [6, 6.07) is 3.34. The summed E-state index contributed by atoms with van der Waals surface area (Å²) in [5.74, 6) is -0.276. The zero-order valence-corrected chi connectivity index (χ0v) is 10.2. The summed E-state index contributed by atoms with van der Waals surface area (Å²) in [7, 11) is 1.23. The van der Waals surface area contributed by atoms with Crippen LogP contribution in [0.3, 0.4) is 0 Å². The molecule has 90 valence electrons. The molecule has 0 radical (unpaired) electrons. The molecule has 5 heteroatoms. The van der Waals surface area contributed by atoms with Crippen LogP contribution in [-0.4, -0.2) is 18.2 Å². The number of phenolic OH excluding ortho intramolecular Hbond substituents is 1. The topological polar surface area (TPSA) is 59.7 Å². The van der Waals surface area contributed by atoms with Gasteiger partial charge in [0.25, 0.3) is 0 Å². The normalized spacial score (nSPS) is 10.8. The Hall–Kier alpha value is -1.68. The van der Waals surface area contributed by atoms with Gasteiger partial charge in [0, 0.05) is 11.8 Å². The number of fused-ring (bicyclic) bond motifs is 1. The maximum Gasteiger partial charge on any atom is 0.345 e. The number of halogens is 1. The molecule has 1 heterocycles. The van der Waals surface area contributed by atoms with E-state index in [0.29, 0.717) is 23.2 Å². The van der Waals surface area contributed by atoms with E-state index < -0.39 is 5.97 Å². The fraction of sp³-hybridized carbons (Fsp3) is 0.250. The van der Waals surface area contributed by atoms with E-state index in [1.807, 2.05) is 6.92 Å². The second-order valence-electron chi connectivity index (χ2n) is 3.56. The first-order chi connectivity index (χ1) is 8.08. The van der Waals surface area contributed by atoms with E-state index in [0.717, 1.165) is 0 Å². The number of benzene rings is 1. The Labute approximate surface area is 103 Å². The van der Waals surface area contributed by atoms with Gasteiger partial charge in [-0.25, -0.2) is 4.79 Å². The number of rotatable bonds is 2. The maximum absolute atomic E-state index is 11.6. The van der Waals surface area contributed by atoms with Gasteiger partial charge in [0.2, 0.25) is 0 Å². The molecule has 0 atom stereocenters. The van der Waals surface area contributed by atoms with Crippen molar-refractivity contribution in [3.8, 4) is 5.75 Å². The van der Waals surface area contributed by atoms with E-state index >= 15 is 0 Å². The summed E-state index contributed by atoms with van der Waals surface area (Å²) >= 11 is 5.85. The van der Waals surface area contributed by atoms with E-state index in [1.54, 1.807) is 12.1 Å². The van der Waals surface area contributed by atoms with Crippen LogP contribution in [0.15, 0.2) is 16.5 Å². The molecule has 0 spiro atoms. The van der Waals surface area contributed by atoms with Gasteiger partial charge in [0.15, 0.2) is 11.3 Å². The predicted octanol–water partition coefficient (Wildman–Crippen LogP) is 3.14. The summed E-state index contributed by atoms with van der Waals surface area (Å²) in [6.45, 7) is 1.93. The molecule has 0 amide bonds. The number of aryl methyl sites for hydroxylation is 1. The van der Waals surface area contributed by atoms with Gasteiger partial charge in [-0.15, -0.1) is 0 Å². The Kier molecular flexibility index (Phi) is 2.98. The number of furan rings is 1. The molecule has 0 bridgehead atoms. The number of methoxy groups -OCH3 is 1. The van der Waals surface area contributed by atoms with Crippen LogP contribution in [0.25, 0.3) is 11.0 Å². The highest BCUT2D eigenvalue weighted by atomic mass is 35.5. The monoisotopic (exact) mass is 254 g/mol. The SMILES string of the molecule is CCc1cc2cc(Cl)c(O)c(C(=O)OC)c2o1. The number of aromatic hydroxyl groups is 1. The molecule has 1 N–H and O–H groups in total. The van der Waals surface area contributed by atoms with Crippen molar-refractivity contribution < 1.29 is 19.1 Å². The molecule has 0 aliphatic heterocycles. The zero-order valence-electron chi connectivity index (χ0n) is 9.41. The highest BCUT2D eigenvalue weighted by Gasteiger charge is 2.22. The summed E-state index contributed by atoms with van der Waals surface area (Å²) < 4.78 is 10.1. The molecule has 0 aliphatic rings. The van der Waals surface area contributed by atoms with Crippen molar-refractivity contribution in [1.29, 1.82) is 0 Å². The fourth-order valence-corrected chi connectivity index (χ4v) is 1.87. The van der Waals surface area contributed by atoms with E-state index in [9.17, 15) is 9.90 Å². The van der Waals surface area contributed by atoms with Crippen molar-refractivity contribution in [2.75, 3.05) is 7.11 Å². The third kappa shape index (κ3) is 1.85. The zero-order chi connectivity index (χ0) is 12.6. The van der Waals surface area contributed by atoms with Crippen molar-refractivity contribution >= 4 is 28.5 Å². The van der Waals surface area contributed by atoms with Gasteiger partial charge in [-0.3, -0.25) is 0 Å². The number of esters is 1. The van der Waals surface area contributed by atoms with Crippen molar-refractivity contribution in [2.24, 2.45) is 0 Å². The minimum Gasteiger partial charge on any atom is -0.505 e. The van der Waals surface area contributed by atoms with Gasteiger partial charge < -0.3 is 14.3 Å². The molecular formula is C12H11ClO4. The first kappa shape index (κ1) is 11.8. The van der Waals surface area contributed by atoms with Gasteiger partial charge in [-0.05, 0) is 12.1 Å². The summed E-state index contributed by atoms with van der Waals surface area (Å²) in [5.41, 5.74) is 0.269. The Morgan fingerprint density at radius 2 is 2.24 bits per heavy atom. The fourth-order valence-electron chi connectivity index (χ4n) is 1.66. The largest absolute Gasteiger partial charge is 0.505 e. The van der Waals surface area contributed by atoms with Crippen LogP contribution < -0.4 is 0 Å². The number of hydrogen-bond acceptors (Lipinski definition) is 4. The summed E-state index contributed by atoms with van der Waals surface area (Å²) in [6.07, 6.45) is 0.688. The second-order valence-corrected chi connectivity index (χ2v) is 3.97. The minimum absolute atomic E-state index is 0.0327. The van der Waals surface area contributed by atoms with Crippen LogP contribution >= 0.6 is 11.6 Å². The Balaban J connectivity index is 2.80. The summed E-state index contributed by atoms with van der Waals surface area (Å²) in [5, 5.41) is 10.6. The van der Waals surface area contributed by atoms with Crippen molar-refractivity contribution in [1.82, 2.24) is 0 Å². The van der Waals surface area contributed by atoms with Crippen LogP contribution in [0, 0.1) is 0 Å². The number of carbonyl (C=O) groups excluding carboxylic acids is 1. The first-order valence-electron chi connectivity index (χ1n) is 5.10. The number of carbonyl (C=O) groups is 1. The lowest BCUT2D eigenvalue weighted by Gasteiger charge is -2.04. The first-order valence-corrected chi connectivity index (χ1v) is 5.48. The van der Waals surface area contributed by atoms with Gasteiger partial charge in [0.05, 0.1) is 12.1 Å². The van der Waals surface area contributed by atoms with E-state index in [1.165, 1.54) is 7.11 Å². The van der Waals surface area contributed by atoms with Crippen LogP contribution in [0.1, 0.15) is 23.0 Å². The molecule has 0 unspecified atom stereocenters. The average molecular weight is 255 g/mol. The van der Waals surface area contributed by atoms with E-state index in [-0.39, 0.29) is 16.3 Å². The molecule has 0 fully saturated rings. The van der Waals surface area contributed by atoms with Crippen LogP contribution in [0.2, 0.25) is 5.02 Å². The quantitative estimate of drug-likeness (QED) is 0.837. The molecule has 0 saturated carbocycles. The lowest BCUT2D eigenvalue weighted by Crippen LogP contribution is -2.02. The molecule has 4 nitrogen and oxygen atoms in total. The van der Waals surface area contributed by atoms with Crippen LogP contribution in [0.4, 0.5) is 0 Å². The molecule has 1 aromatic carbocycles. The van der Waals surface area contributed by atoms with Gasteiger partial charge in [0.1, 0.15) is 11.3 Å². The molecule has 0 saturated heterocycles. The van der Waals surface area contributed by atoms with Crippen LogP contribution in [-0.2, 0) is 11.2 Å². The van der Waals surface area contributed by atoms with Crippen molar-refractivity contribution in [2.45, 2.75) is 13.3 Å². The second kappa shape index (κ2) is 4.30. The van der Waals surface area contributed by atoms with Crippen LogP contribution in [0.5, 0.6) is 5.75 Å². The van der Waals surface area contributed by atoms with Gasteiger partial charge >= 0.3 is 5.97 Å². The smallest absolute Gasteiger partial charge is 0.345 e. The summed E-state index contributed by atoms with van der Waals surface area (Å²) in [4.78, 5) is 11.6. The highest BCUT2D eigenvalue weighted by Crippen LogP contribution is 2.36. The highest BCUT2D eigenvalue weighted by molar-refractivity contribution is 6.33. The van der Waals surface area contributed by atoms with E-state index in [2.05, 4.69) is 4.74 Å². The Morgan fingerprint density at radius 3 is 2.82 bits per heavy atom. The third-order valence-electron chi connectivity index (χ3n) is 2.52. The Bertz CT molecular complexity index is 586. The number of phenols is 1. The maximum atomic E-state index is 11.6. The minimum atomic E-state index is -0.674. The Morgan fingerprint density at radius 1 is 1.53 bits per heavy atom. The standard InChI is InChI=1S/C12H11ClO4/c1-3-7-4-6-5-8(13)10(14)9(11(6)17-7)12(15)16-2/h4-5,14H,3H2,1-2H3. The third-order valence-corrected chi connectivity index (χ3v) is 2.81. The number of hydrogen-bond donors (Lipinski definition) is 1. The molecular weight excluding hydrogens is 244 g/mol. The molecule has 17 heavy (non-hydrogen) atoms. The number of ether oxygens (including phenoxy) is 1. The van der Waals surface area contributed by atoms with Gasteiger partial charge in [-0.2, -0.15) is 0 Å². The lowest BCUT2D eigenvalue weighted by atomic mass is 10.1. The van der Waals surface area contributed by atoms with Crippen molar-refractivity contribution in [3.05, 3.63) is 28.5 Å². The molecule has 2 rings (SSSR count). The predicted molar refractivity (Wildman–Crippen MR) is 63.6 cm³/mol.